The summed E-state index contributed by atoms with van der Waals surface area (Å²) in [6.45, 7) is 6.70. The first-order valence-electron chi connectivity index (χ1n) is 13.0. The van der Waals surface area contributed by atoms with Crippen LogP contribution in [0.1, 0.15) is 37.5 Å². The fraction of sp³-hybridized carbons (Fsp3) is 0.114. The highest BCUT2D eigenvalue weighted by molar-refractivity contribution is 7.21. The van der Waals surface area contributed by atoms with E-state index in [1.807, 2.05) is 48.7 Å². The smallest absolute Gasteiger partial charge is 0.126 e. The lowest BCUT2D eigenvalue weighted by Gasteiger charge is -2.20. The average molecular weight is 522 g/mol. The second-order valence-corrected chi connectivity index (χ2v) is 11.7. The Kier molecular flexibility index (Phi) is 6.30. The molecule has 0 aliphatic rings. The molecule has 0 bridgehead atoms. The van der Waals surface area contributed by atoms with Crippen molar-refractivity contribution in [1.82, 2.24) is 4.98 Å². The van der Waals surface area contributed by atoms with Gasteiger partial charge in [0.05, 0.1) is 27.5 Å². The van der Waals surface area contributed by atoms with Crippen LogP contribution in [0.4, 0.5) is 5.69 Å². The lowest BCUT2D eigenvalue weighted by atomic mass is 9.85. The maximum absolute atomic E-state index is 9.27. The number of fused-ring (bicyclic) bond motifs is 2. The zero-order valence-electron chi connectivity index (χ0n) is 22.1. The molecule has 1 aromatic heterocycles. The number of nitriles is 1. The molecule has 6 aromatic rings. The summed E-state index contributed by atoms with van der Waals surface area (Å²) in [5.41, 5.74) is 8.00. The van der Waals surface area contributed by atoms with E-state index in [2.05, 4.69) is 87.5 Å². The highest BCUT2D eigenvalue weighted by atomic mass is 32.1. The van der Waals surface area contributed by atoms with Gasteiger partial charge in [-0.05, 0) is 63.7 Å². The molecular formula is C35H27N3S. The van der Waals surface area contributed by atoms with Crippen LogP contribution in [0.2, 0.25) is 0 Å². The fourth-order valence-electron chi connectivity index (χ4n) is 4.79. The van der Waals surface area contributed by atoms with E-state index in [9.17, 15) is 5.26 Å². The molecule has 1 heterocycles. The normalized spacial score (nSPS) is 11.8. The largest absolute Gasteiger partial charge is 0.256 e. The van der Waals surface area contributed by atoms with Gasteiger partial charge in [0.15, 0.2) is 0 Å². The molecule has 0 atom stereocenters. The van der Waals surface area contributed by atoms with Crippen molar-refractivity contribution in [1.29, 1.82) is 5.26 Å². The molecule has 3 nitrogen and oxygen atoms in total. The van der Waals surface area contributed by atoms with Crippen LogP contribution in [0.15, 0.2) is 108 Å². The SMILES string of the molecule is CC(C)(C)c1cc(-c2ccc(C#N)cc2)c2nc(-c3ccccc3N=Cc3cccc4ccccc34)sc2c1. The minimum Gasteiger partial charge on any atom is -0.256 e. The topological polar surface area (TPSA) is 49.0 Å². The standard InChI is InChI=1S/C35H27N3S/c1-35(2,3)27-19-30(25-17-15-23(21-36)16-18-25)33-32(20-27)39-34(38-33)29-13-6-7-14-31(29)37-22-26-11-8-10-24-9-4-5-12-28(24)26/h4-20,22H,1-3H3. The summed E-state index contributed by atoms with van der Waals surface area (Å²) in [7, 11) is 0. The Labute approximate surface area is 232 Å². The number of nitrogens with zero attached hydrogens (tertiary/aromatic N) is 3. The lowest BCUT2D eigenvalue weighted by Crippen LogP contribution is -2.11. The minimum absolute atomic E-state index is 0.0135. The Bertz CT molecular complexity index is 1890. The number of para-hydroxylation sites is 1. The molecule has 4 heteroatoms. The number of rotatable bonds is 4. The second kappa shape index (κ2) is 9.94. The summed E-state index contributed by atoms with van der Waals surface area (Å²) in [5.74, 6) is 0. The van der Waals surface area contributed by atoms with Crippen LogP contribution in [-0.2, 0) is 5.41 Å². The summed E-state index contributed by atoms with van der Waals surface area (Å²) in [4.78, 5) is 10.1. The number of aromatic nitrogens is 1. The first kappa shape index (κ1) is 24.7. The fourth-order valence-corrected chi connectivity index (χ4v) is 5.86. The van der Waals surface area contributed by atoms with Gasteiger partial charge in [0.25, 0.3) is 0 Å². The molecule has 0 N–H and O–H groups in total. The molecule has 0 saturated heterocycles. The molecule has 0 unspecified atom stereocenters. The van der Waals surface area contributed by atoms with Gasteiger partial charge in [0.2, 0.25) is 0 Å². The van der Waals surface area contributed by atoms with Gasteiger partial charge in [-0.15, -0.1) is 11.3 Å². The Morgan fingerprint density at radius 1 is 0.821 bits per heavy atom. The quantitative estimate of drug-likeness (QED) is 0.217. The van der Waals surface area contributed by atoms with E-state index in [1.165, 1.54) is 16.3 Å². The van der Waals surface area contributed by atoms with Crippen molar-refractivity contribution in [2.24, 2.45) is 4.99 Å². The van der Waals surface area contributed by atoms with E-state index in [4.69, 9.17) is 9.98 Å². The molecule has 5 aromatic carbocycles. The second-order valence-electron chi connectivity index (χ2n) is 10.7. The summed E-state index contributed by atoms with van der Waals surface area (Å²) in [6, 6.07) is 37.4. The van der Waals surface area contributed by atoms with E-state index >= 15 is 0 Å². The molecule has 0 amide bonds. The summed E-state index contributed by atoms with van der Waals surface area (Å²) >= 11 is 1.70. The van der Waals surface area contributed by atoms with Gasteiger partial charge in [-0.25, -0.2) is 4.98 Å². The highest BCUT2D eigenvalue weighted by Crippen LogP contribution is 2.41. The number of aliphatic imine (C=N–C) groups is 1. The third-order valence-electron chi connectivity index (χ3n) is 6.99. The number of thiazole rings is 1. The summed E-state index contributed by atoms with van der Waals surface area (Å²) < 4.78 is 1.14. The van der Waals surface area contributed by atoms with Crippen molar-refractivity contribution in [3.05, 3.63) is 120 Å². The van der Waals surface area contributed by atoms with Gasteiger partial charge in [-0.1, -0.05) is 87.5 Å². The zero-order chi connectivity index (χ0) is 27.0. The maximum atomic E-state index is 9.27. The van der Waals surface area contributed by atoms with Crippen molar-refractivity contribution >= 4 is 44.2 Å². The van der Waals surface area contributed by atoms with Crippen LogP contribution in [-0.4, -0.2) is 11.2 Å². The first-order valence-corrected chi connectivity index (χ1v) is 13.8. The lowest BCUT2D eigenvalue weighted by molar-refractivity contribution is 0.591. The molecule has 0 saturated carbocycles. The maximum Gasteiger partial charge on any atom is 0.126 e. The van der Waals surface area contributed by atoms with Crippen molar-refractivity contribution in [2.45, 2.75) is 26.2 Å². The number of benzene rings is 5. The van der Waals surface area contributed by atoms with E-state index in [0.29, 0.717) is 5.56 Å². The van der Waals surface area contributed by atoms with Gasteiger partial charge in [-0.3, -0.25) is 4.99 Å². The monoisotopic (exact) mass is 521 g/mol. The number of hydrogen-bond donors (Lipinski definition) is 0. The highest BCUT2D eigenvalue weighted by Gasteiger charge is 2.20. The first-order chi connectivity index (χ1) is 18.9. The Balaban J connectivity index is 1.48. The Hall–Kier alpha value is -4.59. The minimum atomic E-state index is -0.0135. The molecular weight excluding hydrogens is 494 g/mol. The molecule has 6 rings (SSSR count). The zero-order valence-corrected chi connectivity index (χ0v) is 23.0. The third kappa shape index (κ3) is 4.85. The van der Waals surface area contributed by atoms with Gasteiger partial charge in [-0.2, -0.15) is 5.26 Å². The van der Waals surface area contributed by atoms with Gasteiger partial charge >= 0.3 is 0 Å². The van der Waals surface area contributed by atoms with Crippen molar-refractivity contribution in [3.63, 3.8) is 0 Å². The van der Waals surface area contributed by atoms with Crippen molar-refractivity contribution in [2.75, 3.05) is 0 Å². The molecule has 0 aliphatic heterocycles. The predicted octanol–water partition coefficient (Wildman–Crippen LogP) is 9.70. The van der Waals surface area contributed by atoms with Crippen LogP contribution in [0.5, 0.6) is 0 Å². The van der Waals surface area contributed by atoms with E-state index in [-0.39, 0.29) is 5.41 Å². The molecule has 188 valence electrons. The predicted molar refractivity (Wildman–Crippen MR) is 165 cm³/mol. The molecule has 0 aliphatic carbocycles. The van der Waals surface area contributed by atoms with Gasteiger partial charge < -0.3 is 0 Å². The molecule has 39 heavy (non-hydrogen) atoms. The molecule has 0 radical (unpaired) electrons. The van der Waals surface area contributed by atoms with Crippen LogP contribution >= 0.6 is 11.3 Å². The van der Waals surface area contributed by atoms with E-state index in [1.54, 1.807) is 11.3 Å². The molecule has 0 fully saturated rings. The van der Waals surface area contributed by atoms with Crippen LogP contribution in [0.25, 0.3) is 42.7 Å². The average Bonchev–Trinajstić information content (AvgIpc) is 3.39. The van der Waals surface area contributed by atoms with E-state index in [0.717, 1.165) is 43.2 Å². The Morgan fingerprint density at radius 2 is 1.56 bits per heavy atom. The van der Waals surface area contributed by atoms with Gasteiger partial charge in [0, 0.05) is 22.9 Å². The van der Waals surface area contributed by atoms with Crippen molar-refractivity contribution in [3.8, 4) is 27.8 Å². The summed E-state index contributed by atoms with van der Waals surface area (Å²) in [5, 5.41) is 12.6. The van der Waals surface area contributed by atoms with Crippen LogP contribution < -0.4 is 0 Å². The van der Waals surface area contributed by atoms with Crippen LogP contribution in [0.3, 0.4) is 0 Å². The van der Waals surface area contributed by atoms with E-state index < -0.39 is 0 Å². The van der Waals surface area contributed by atoms with Crippen molar-refractivity contribution < 1.29 is 0 Å². The third-order valence-corrected chi connectivity index (χ3v) is 8.02. The Morgan fingerprint density at radius 3 is 2.36 bits per heavy atom. The van der Waals surface area contributed by atoms with Gasteiger partial charge in [0.1, 0.15) is 5.01 Å². The number of hydrogen-bond acceptors (Lipinski definition) is 4. The summed E-state index contributed by atoms with van der Waals surface area (Å²) in [6.07, 6.45) is 1.95. The van der Waals surface area contributed by atoms with Crippen LogP contribution in [0, 0.1) is 11.3 Å². The molecule has 0 spiro atoms.